The third-order valence-corrected chi connectivity index (χ3v) is 7.56. The molecular formula is C33H54. The SMILES string of the molecule is CCCCCCCCCCCCCCCCCCCCCCc1c(C)ccc2ccccc12. The van der Waals surface area contributed by atoms with E-state index in [2.05, 4.69) is 50.2 Å². The number of unbranched alkanes of at least 4 members (excludes halogenated alkanes) is 19. The Morgan fingerprint density at radius 3 is 1.36 bits per heavy atom. The summed E-state index contributed by atoms with van der Waals surface area (Å²) in [6.07, 6.45) is 30.2. The Labute approximate surface area is 207 Å². The van der Waals surface area contributed by atoms with Crippen molar-refractivity contribution in [3.8, 4) is 0 Å². The van der Waals surface area contributed by atoms with Crippen LogP contribution in [0.4, 0.5) is 0 Å². The molecule has 0 N–H and O–H groups in total. The minimum absolute atomic E-state index is 1.24. The molecule has 0 aliphatic carbocycles. The second-order valence-corrected chi connectivity index (χ2v) is 10.5. The molecule has 186 valence electrons. The van der Waals surface area contributed by atoms with Crippen molar-refractivity contribution in [2.75, 3.05) is 0 Å². The summed E-state index contributed by atoms with van der Waals surface area (Å²) in [6.45, 7) is 4.58. The van der Waals surface area contributed by atoms with E-state index in [1.54, 1.807) is 5.56 Å². The molecule has 0 heteroatoms. The summed E-state index contributed by atoms with van der Waals surface area (Å²) >= 11 is 0. The highest BCUT2D eigenvalue weighted by molar-refractivity contribution is 5.86. The van der Waals surface area contributed by atoms with E-state index in [4.69, 9.17) is 0 Å². The lowest BCUT2D eigenvalue weighted by atomic mass is 9.95. The van der Waals surface area contributed by atoms with E-state index < -0.39 is 0 Å². The van der Waals surface area contributed by atoms with E-state index in [9.17, 15) is 0 Å². The summed E-state index contributed by atoms with van der Waals surface area (Å²) in [5.41, 5.74) is 3.04. The molecule has 0 aromatic heterocycles. The van der Waals surface area contributed by atoms with Crippen molar-refractivity contribution in [2.24, 2.45) is 0 Å². The van der Waals surface area contributed by atoms with Gasteiger partial charge in [-0.15, -0.1) is 0 Å². The Kier molecular flexibility index (Phi) is 16.1. The van der Waals surface area contributed by atoms with Crippen molar-refractivity contribution in [2.45, 2.75) is 149 Å². The van der Waals surface area contributed by atoms with Gasteiger partial charge in [-0.05, 0) is 41.7 Å². The first kappa shape index (κ1) is 27.9. The van der Waals surface area contributed by atoms with Crippen LogP contribution >= 0.6 is 0 Å². The van der Waals surface area contributed by atoms with Gasteiger partial charge >= 0.3 is 0 Å². The van der Waals surface area contributed by atoms with Crippen LogP contribution in [0.15, 0.2) is 36.4 Å². The standard InChI is InChI=1S/C33H54/c1-3-4-5-6-7-8-9-10-11-12-13-14-15-16-17-18-19-20-21-22-26-32-30(2)28-29-31-25-23-24-27-33(31)32/h23-25,27-29H,3-22,26H2,1-2H3. The van der Waals surface area contributed by atoms with E-state index >= 15 is 0 Å². The average Bonchev–Trinajstić information content (AvgIpc) is 2.84. The maximum atomic E-state index is 2.30. The first-order valence-electron chi connectivity index (χ1n) is 14.8. The predicted molar refractivity (Wildman–Crippen MR) is 150 cm³/mol. The molecule has 0 saturated carbocycles. The zero-order valence-corrected chi connectivity index (χ0v) is 22.3. The lowest BCUT2D eigenvalue weighted by molar-refractivity contribution is 0.522. The highest BCUT2D eigenvalue weighted by atomic mass is 14.1. The second kappa shape index (κ2) is 19.1. The van der Waals surface area contributed by atoms with Gasteiger partial charge in [0.15, 0.2) is 0 Å². The van der Waals surface area contributed by atoms with Gasteiger partial charge in [0, 0.05) is 0 Å². The summed E-state index contributed by atoms with van der Waals surface area (Å²) < 4.78 is 0. The lowest BCUT2D eigenvalue weighted by Crippen LogP contribution is -1.92. The molecule has 0 bridgehead atoms. The Morgan fingerprint density at radius 2 is 0.879 bits per heavy atom. The second-order valence-electron chi connectivity index (χ2n) is 10.5. The van der Waals surface area contributed by atoms with Crippen LogP contribution in [0, 0.1) is 6.92 Å². The van der Waals surface area contributed by atoms with Crippen molar-refractivity contribution in [3.05, 3.63) is 47.5 Å². The highest BCUT2D eigenvalue weighted by Gasteiger charge is 2.04. The maximum Gasteiger partial charge on any atom is -0.0149 e. The number of hydrogen-bond donors (Lipinski definition) is 0. The molecule has 0 heterocycles. The van der Waals surface area contributed by atoms with Crippen LogP contribution in [-0.2, 0) is 6.42 Å². The van der Waals surface area contributed by atoms with Gasteiger partial charge in [0.25, 0.3) is 0 Å². The van der Waals surface area contributed by atoms with Gasteiger partial charge in [-0.1, -0.05) is 165 Å². The maximum absolute atomic E-state index is 2.30. The molecule has 0 fully saturated rings. The van der Waals surface area contributed by atoms with E-state index in [0.29, 0.717) is 0 Å². The molecule has 0 aliphatic heterocycles. The summed E-state index contributed by atoms with van der Waals surface area (Å²) in [5.74, 6) is 0. The third kappa shape index (κ3) is 12.7. The normalized spacial score (nSPS) is 11.5. The molecule has 0 spiro atoms. The fourth-order valence-corrected chi connectivity index (χ4v) is 5.33. The molecule has 0 unspecified atom stereocenters. The van der Waals surface area contributed by atoms with Gasteiger partial charge in [-0.25, -0.2) is 0 Å². The number of fused-ring (bicyclic) bond motifs is 1. The van der Waals surface area contributed by atoms with Crippen molar-refractivity contribution < 1.29 is 0 Å². The highest BCUT2D eigenvalue weighted by Crippen LogP contribution is 2.24. The van der Waals surface area contributed by atoms with E-state index in [-0.39, 0.29) is 0 Å². The molecule has 2 aromatic rings. The van der Waals surface area contributed by atoms with E-state index in [1.165, 1.54) is 151 Å². The fourth-order valence-electron chi connectivity index (χ4n) is 5.33. The number of benzene rings is 2. The molecule has 0 atom stereocenters. The topological polar surface area (TPSA) is 0 Å². The molecule has 0 nitrogen and oxygen atoms in total. The smallest absolute Gasteiger partial charge is 0.0149 e. The molecule has 0 amide bonds. The van der Waals surface area contributed by atoms with Gasteiger partial charge < -0.3 is 0 Å². The summed E-state index contributed by atoms with van der Waals surface area (Å²) in [7, 11) is 0. The molecule has 33 heavy (non-hydrogen) atoms. The van der Waals surface area contributed by atoms with Crippen molar-refractivity contribution in [3.63, 3.8) is 0 Å². The van der Waals surface area contributed by atoms with Crippen LogP contribution < -0.4 is 0 Å². The van der Waals surface area contributed by atoms with Gasteiger partial charge in [-0.3, -0.25) is 0 Å². The Hall–Kier alpha value is -1.30. The zero-order chi connectivity index (χ0) is 23.4. The molecular weight excluding hydrogens is 396 g/mol. The Bertz CT molecular complexity index is 713. The Morgan fingerprint density at radius 1 is 0.455 bits per heavy atom. The predicted octanol–water partition coefficient (Wildman–Crippen LogP) is 11.5. The molecule has 0 radical (unpaired) electrons. The monoisotopic (exact) mass is 450 g/mol. The first-order valence-corrected chi connectivity index (χ1v) is 14.8. The van der Waals surface area contributed by atoms with E-state index in [0.717, 1.165) is 0 Å². The fraction of sp³-hybridized carbons (Fsp3) is 0.697. The van der Waals surface area contributed by atoms with Crippen molar-refractivity contribution >= 4 is 10.8 Å². The molecule has 2 rings (SSSR count). The van der Waals surface area contributed by atoms with Crippen LogP contribution in [0.25, 0.3) is 10.8 Å². The van der Waals surface area contributed by atoms with Crippen molar-refractivity contribution in [1.82, 2.24) is 0 Å². The van der Waals surface area contributed by atoms with Crippen molar-refractivity contribution in [1.29, 1.82) is 0 Å². The lowest BCUT2D eigenvalue weighted by Gasteiger charge is -2.10. The quantitative estimate of drug-likeness (QED) is 0.166. The summed E-state index contributed by atoms with van der Waals surface area (Å²) in [5, 5.41) is 2.86. The zero-order valence-electron chi connectivity index (χ0n) is 22.3. The molecule has 0 aliphatic rings. The van der Waals surface area contributed by atoms with Gasteiger partial charge in [0.1, 0.15) is 0 Å². The van der Waals surface area contributed by atoms with Crippen LogP contribution in [0.3, 0.4) is 0 Å². The number of rotatable bonds is 21. The number of aryl methyl sites for hydroxylation is 2. The van der Waals surface area contributed by atoms with Crippen LogP contribution in [0.2, 0.25) is 0 Å². The summed E-state index contributed by atoms with van der Waals surface area (Å²) in [6, 6.07) is 13.4. The van der Waals surface area contributed by atoms with Crippen LogP contribution in [0.5, 0.6) is 0 Å². The van der Waals surface area contributed by atoms with Crippen LogP contribution in [0.1, 0.15) is 146 Å². The van der Waals surface area contributed by atoms with Gasteiger partial charge in [-0.2, -0.15) is 0 Å². The Balaban J connectivity index is 1.33. The minimum atomic E-state index is 1.24. The minimum Gasteiger partial charge on any atom is -0.0654 e. The largest absolute Gasteiger partial charge is 0.0654 e. The third-order valence-electron chi connectivity index (χ3n) is 7.56. The first-order chi connectivity index (χ1) is 16.3. The van der Waals surface area contributed by atoms with Gasteiger partial charge in [0.05, 0.1) is 0 Å². The molecule has 2 aromatic carbocycles. The summed E-state index contributed by atoms with van der Waals surface area (Å²) in [4.78, 5) is 0. The average molecular weight is 451 g/mol. The molecule has 0 saturated heterocycles. The van der Waals surface area contributed by atoms with Gasteiger partial charge in [0.2, 0.25) is 0 Å². The van der Waals surface area contributed by atoms with E-state index in [1.807, 2.05) is 0 Å². The number of hydrogen-bond acceptors (Lipinski definition) is 0. The van der Waals surface area contributed by atoms with Crippen LogP contribution in [-0.4, -0.2) is 0 Å².